The molecule has 57 heavy (non-hydrogen) atoms. The van der Waals surface area contributed by atoms with Crippen LogP contribution in [0.4, 0.5) is 0 Å². The van der Waals surface area contributed by atoms with E-state index in [1.165, 1.54) is 53.4 Å². The van der Waals surface area contributed by atoms with E-state index in [-0.39, 0.29) is 0 Å². The Hall–Kier alpha value is -7.34. The largest absolute Gasteiger partial charge is 0.307 e. The van der Waals surface area contributed by atoms with Crippen LogP contribution in [0, 0.1) is 0 Å². The monoisotopic (exact) mass is 742 g/mol. The first-order valence-electron chi connectivity index (χ1n) is 19.5. The van der Waals surface area contributed by atoms with E-state index < -0.39 is 8.07 Å². The van der Waals surface area contributed by atoms with Gasteiger partial charge in [-0.3, -0.25) is 4.57 Å². The smallest absolute Gasteiger partial charge is 0.235 e. The van der Waals surface area contributed by atoms with Gasteiger partial charge in [0.05, 0.1) is 33.5 Å². The lowest BCUT2D eigenvalue weighted by Gasteiger charge is -2.32. The first-order chi connectivity index (χ1) is 28.3. The van der Waals surface area contributed by atoms with Crippen LogP contribution in [0.1, 0.15) is 0 Å². The fourth-order valence-electron chi connectivity index (χ4n) is 9.75. The standard InChI is InChI=1S/C52H34N4Si/c1-5-19-35(20-6-1)47-51-48(43-29-15-18-32-46(43)57(51,37-23-9-3-10-24-37)38-25-11-4-12-26-38)54-52(53-47)56-45-31-17-14-28-40(45)42-34-33-41-39-27-13-16-30-44(39)55(49(41)50(42)56)36-21-7-2-8-22-36/h1-34H. The molecule has 0 saturated heterocycles. The predicted molar refractivity (Wildman–Crippen MR) is 239 cm³/mol. The van der Waals surface area contributed by atoms with Crippen molar-refractivity contribution in [3.8, 4) is 34.2 Å². The van der Waals surface area contributed by atoms with Crippen molar-refractivity contribution in [3.63, 3.8) is 0 Å². The second-order valence-electron chi connectivity index (χ2n) is 14.9. The van der Waals surface area contributed by atoms with Gasteiger partial charge < -0.3 is 4.57 Å². The summed E-state index contributed by atoms with van der Waals surface area (Å²) in [5.74, 6) is 0.664. The van der Waals surface area contributed by atoms with Gasteiger partial charge >= 0.3 is 0 Å². The van der Waals surface area contributed by atoms with Gasteiger partial charge in [0, 0.05) is 43.5 Å². The molecule has 0 spiro atoms. The van der Waals surface area contributed by atoms with Crippen LogP contribution in [0.15, 0.2) is 206 Å². The molecule has 0 fully saturated rings. The van der Waals surface area contributed by atoms with E-state index in [2.05, 4.69) is 215 Å². The molecule has 1 aliphatic rings. The molecule has 4 heterocycles. The van der Waals surface area contributed by atoms with Crippen LogP contribution in [0.25, 0.3) is 77.8 Å². The van der Waals surface area contributed by atoms with E-state index in [1.807, 2.05) is 0 Å². The van der Waals surface area contributed by atoms with Crippen LogP contribution < -0.4 is 20.7 Å². The number of para-hydroxylation sites is 3. The summed E-state index contributed by atoms with van der Waals surface area (Å²) in [4.78, 5) is 11.6. The Labute approximate surface area is 330 Å². The van der Waals surface area contributed by atoms with E-state index in [0.717, 1.165) is 39.2 Å². The fraction of sp³-hybridized carbons (Fsp3) is 0. The van der Waals surface area contributed by atoms with Crippen LogP contribution in [-0.4, -0.2) is 27.2 Å². The molecule has 8 aromatic carbocycles. The van der Waals surface area contributed by atoms with E-state index in [1.54, 1.807) is 0 Å². The molecule has 11 aromatic rings. The number of benzene rings is 8. The van der Waals surface area contributed by atoms with Crippen LogP contribution in [0.2, 0.25) is 0 Å². The quantitative estimate of drug-likeness (QED) is 0.165. The number of hydrogen-bond donors (Lipinski definition) is 0. The molecule has 5 heteroatoms. The van der Waals surface area contributed by atoms with Crippen molar-refractivity contribution < 1.29 is 0 Å². The van der Waals surface area contributed by atoms with Gasteiger partial charge in [-0.1, -0.05) is 182 Å². The molecule has 0 radical (unpaired) electrons. The Bertz CT molecular complexity index is 3290. The number of hydrogen-bond acceptors (Lipinski definition) is 2. The Morgan fingerprint density at radius 3 is 1.47 bits per heavy atom. The molecule has 1 aliphatic heterocycles. The summed E-state index contributed by atoms with van der Waals surface area (Å²) in [5, 5.41) is 9.97. The van der Waals surface area contributed by atoms with Crippen LogP contribution in [-0.2, 0) is 0 Å². The van der Waals surface area contributed by atoms with Crippen molar-refractivity contribution in [2.45, 2.75) is 0 Å². The minimum Gasteiger partial charge on any atom is -0.307 e. The van der Waals surface area contributed by atoms with Gasteiger partial charge in [0.1, 0.15) is 0 Å². The first kappa shape index (κ1) is 32.0. The molecule has 0 aliphatic carbocycles. The van der Waals surface area contributed by atoms with Crippen molar-refractivity contribution in [3.05, 3.63) is 206 Å². The molecule has 3 aromatic heterocycles. The number of aromatic nitrogens is 4. The lowest BCUT2D eigenvalue weighted by molar-refractivity contribution is 1.00. The van der Waals surface area contributed by atoms with Crippen molar-refractivity contribution in [1.82, 2.24) is 19.1 Å². The average Bonchev–Trinajstić information content (AvgIpc) is 3.92. The van der Waals surface area contributed by atoms with Crippen molar-refractivity contribution >= 4 is 72.4 Å². The molecule has 0 bridgehead atoms. The summed E-state index contributed by atoms with van der Waals surface area (Å²) in [6.45, 7) is 0. The average molecular weight is 743 g/mol. The summed E-state index contributed by atoms with van der Waals surface area (Å²) in [6.07, 6.45) is 0. The highest BCUT2D eigenvalue weighted by Gasteiger charge is 2.51. The summed E-state index contributed by atoms with van der Waals surface area (Å²) >= 11 is 0. The molecule has 0 atom stereocenters. The van der Waals surface area contributed by atoms with Gasteiger partial charge in [0.15, 0.2) is 8.07 Å². The Morgan fingerprint density at radius 1 is 0.368 bits per heavy atom. The predicted octanol–water partition coefficient (Wildman–Crippen LogP) is 9.70. The highest BCUT2D eigenvalue weighted by Crippen LogP contribution is 2.42. The third-order valence-corrected chi connectivity index (χ3v) is 16.9. The maximum absolute atomic E-state index is 5.83. The van der Waals surface area contributed by atoms with Crippen LogP contribution in [0.3, 0.4) is 0 Å². The maximum Gasteiger partial charge on any atom is 0.235 e. The van der Waals surface area contributed by atoms with Gasteiger partial charge in [-0.15, -0.1) is 0 Å². The fourth-order valence-corrected chi connectivity index (χ4v) is 15.0. The van der Waals surface area contributed by atoms with E-state index in [0.29, 0.717) is 5.95 Å². The van der Waals surface area contributed by atoms with Crippen LogP contribution >= 0.6 is 0 Å². The van der Waals surface area contributed by atoms with E-state index in [9.17, 15) is 0 Å². The van der Waals surface area contributed by atoms with Gasteiger partial charge in [-0.25, -0.2) is 9.97 Å². The minimum atomic E-state index is -2.93. The molecular formula is C52H34N4Si. The van der Waals surface area contributed by atoms with Gasteiger partial charge in [0.2, 0.25) is 5.95 Å². The number of fused-ring (bicyclic) bond motifs is 10. The molecule has 12 rings (SSSR count). The minimum absolute atomic E-state index is 0.664. The van der Waals surface area contributed by atoms with Crippen molar-refractivity contribution in [2.24, 2.45) is 0 Å². The highest BCUT2D eigenvalue weighted by atomic mass is 28.3. The van der Waals surface area contributed by atoms with Crippen LogP contribution in [0.5, 0.6) is 0 Å². The zero-order chi connectivity index (χ0) is 37.5. The van der Waals surface area contributed by atoms with Gasteiger partial charge in [0.25, 0.3) is 0 Å². The van der Waals surface area contributed by atoms with Crippen molar-refractivity contribution in [1.29, 1.82) is 0 Å². The molecule has 0 unspecified atom stereocenters. The van der Waals surface area contributed by atoms with Gasteiger partial charge in [-0.05, 0) is 39.8 Å². The van der Waals surface area contributed by atoms with Gasteiger partial charge in [-0.2, -0.15) is 0 Å². The third kappa shape index (κ3) is 4.43. The van der Waals surface area contributed by atoms with Crippen molar-refractivity contribution in [2.75, 3.05) is 0 Å². The molecule has 0 saturated carbocycles. The Morgan fingerprint density at radius 2 is 0.842 bits per heavy atom. The SMILES string of the molecule is c1ccc(-c2nc(-n3c4ccccc4c4ccc5c6ccccc6n(-c6ccccc6)c5c43)nc3c2[Si](c2ccccc2)(c2ccccc2)c2ccccc2-3)cc1. The normalized spacial score (nSPS) is 13.1. The second-order valence-corrected chi connectivity index (χ2v) is 18.6. The van der Waals surface area contributed by atoms with E-state index in [4.69, 9.17) is 9.97 Å². The molecule has 4 nitrogen and oxygen atoms in total. The van der Waals surface area contributed by atoms with E-state index >= 15 is 0 Å². The molecule has 0 N–H and O–H groups in total. The summed E-state index contributed by atoms with van der Waals surface area (Å²) in [5.41, 5.74) is 9.83. The summed E-state index contributed by atoms with van der Waals surface area (Å²) in [7, 11) is -2.93. The number of nitrogens with zero attached hydrogens (tertiary/aromatic N) is 4. The molecule has 266 valence electrons. The second kappa shape index (κ2) is 12.3. The maximum atomic E-state index is 5.83. The Balaban J connectivity index is 1.29. The first-order valence-corrected chi connectivity index (χ1v) is 21.5. The lowest BCUT2D eigenvalue weighted by atomic mass is 10.1. The zero-order valence-corrected chi connectivity index (χ0v) is 31.9. The highest BCUT2D eigenvalue weighted by molar-refractivity contribution is 7.22. The number of rotatable bonds is 5. The Kier molecular flexibility index (Phi) is 6.91. The zero-order valence-electron chi connectivity index (χ0n) is 30.9. The lowest BCUT2D eigenvalue weighted by Crippen LogP contribution is -2.73. The summed E-state index contributed by atoms with van der Waals surface area (Å²) < 4.78 is 4.76. The molecule has 0 amide bonds. The topological polar surface area (TPSA) is 35.6 Å². The summed E-state index contributed by atoms with van der Waals surface area (Å²) in [6, 6.07) is 74.8. The molecular weight excluding hydrogens is 709 g/mol. The third-order valence-electron chi connectivity index (χ3n) is 12.0.